The maximum absolute atomic E-state index is 15.2. The predicted octanol–water partition coefficient (Wildman–Crippen LogP) is 3.86. The van der Waals surface area contributed by atoms with Gasteiger partial charge in [0.25, 0.3) is 0 Å². The largest absolute Gasteiger partial charge is 0.491 e. The molecule has 2 aliphatic rings. The molecule has 2 aliphatic heterocycles. The van der Waals surface area contributed by atoms with Gasteiger partial charge in [-0.15, -0.1) is 0 Å². The number of carbonyl (C=O) groups excluding carboxylic acids is 1. The van der Waals surface area contributed by atoms with Crippen LogP contribution in [0.5, 0.6) is 5.75 Å². The van der Waals surface area contributed by atoms with Crippen LogP contribution in [0.3, 0.4) is 0 Å². The first-order valence-electron chi connectivity index (χ1n) is 9.40. The van der Waals surface area contributed by atoms with Crippen molar-refractivity contribution in [1.29, 1.82) is 0 Å². The number of rotatable bonds is 2. The van der Waals surface area contributed by atoms with Gasteiger partial charge >= 0.3 is 0 Å². The molecule has 154 valence electrons. The van der Waals surface area contributed by atoms with E-state index in [-0.39, 0.29) is 35.1 Å². The van der Waals surface area contributed by atoms with Crippen LogP contribution >= 0.6 is 11.6 Å². The van der Waals surface area contributed by atoms with Gasteiger partial charge in [-0.3, -0.25) is 4.79 Å². The van der Waals surface area contributed by atoms with Crippen molar-refractivity contribution >= 4 is 27.3 Å². The zero-order valence-corrected chi connectivity index (χ0v) is 17.7. The summed E-state index contributed by atoms with van der Waals surface area (Å²) >= 11 is 5.95. The molecule has 0 N–H and O–H groups in total. The zero-order valence-electron chi connectivity index (χ0n) is 16.1. The number of halogens is 2. The molecule has 0 spiro atoms. The number of nitrogens with zero attached hydrogens (tertiary/aromatic N) is 1. The van der Waals surface area contributed by atoms with Crippen LogP contribution in [0.15, 0.2) is 41.3 Å². The molecule has 2 atom stereocenters. The fourth-order valence-electron chi connectivity index (χ4n) is 4.66. The number of carbonyl (C=O) groups is 1. The van der Waals surface area contributed by atoms with Crippen LogP contribution in [0.1, 0.15) is 30.9 Å². The van der Waals surface area contributed by atoms with E-state index in [1.165, 1.54) is 42.2 Å². The second-order valence-electron chi connectivity index (χ2n) is 7.56. The molecule has 29 heavy (non-hydrogen) atoms. The summed E-state index contributed by atoms with van der Waals surface area (Å²) in [6.07, 6.45) is 0.638. The Bertz CT molecular complexity index is 1090. The van der Waals surface area contributed by atoms with E-state index < -0.39 is 26.4 Å². The number of aryl methyl sites for hydroxylation is 1. The van der Waals surface area contributed by atoms with Crippen LogP contribution in [-0.4, -0.2) is 38.4 Å². The third-order valence-corrected chi connectivity index (χ3v) is 8.77. The Kier molecular flexibility index (Phi) is 4.86. The van der Waals surface area contributed by atoms with Crippen molar-refractivity contribution in [3.63, 3.8) is 0 Å². The third kappa shape index (κ3) is 2.86. The van der Waals surface area contributed by atoms with Gasteiger partial charge in [0.15, 0.2) is 9.84 Å². The van der Waals surface area contributed by atoms with Crippen molar-refractivity contribution in [2.45, 2.75) is 42.4 Å². The highest BCUT2D eigenvalue weighted by atomic mass is 35.5. The summed E-state index contributed by atoms with van der Waals surface area (Å²) in [6, 6.07) is 7.88. The Morgan fingerprint density at radius 3 is 2.59 bits per heavy atom. The summed E-state index contributed by atoms with van der Waals surface area (Å²) in [5.74, 6) is -0.645. The highest BCUT2D eigenvalue weighted by Crippen LogP contribution is 2.53. The van der Waals surface area contributed by atoms with Gasteiger partial charge in [0, 0.05) is 18.5 Å². The van der Waals surface area contributed by atoms with Crippen molar-refractivity contribution in [2.24, 2.45) is 0 Å². The van der Waals surface area contributed by atoms with E-state index in [2.05, 4.69) is 0 Å². The maximum Gasteiger partial charge on any atom is 0.219 e. The lowest BCUT2D eigenvalue weighted by Gasteiger charge is -2.51. The van der Waals surface area contributed by atoms with E-state index in [4.69, 9.17) is 16.3 Å². The quantitative estimate of drug-likeness (QED) is 0.715. The van der Waals surface area contributed by atoms with E-state index in [9.17, 15) is 13.2 Å². The fraction of sp³-hybridized carbons (Fsp3) is 0.381. The topological polar surface area (TPSA) is 63.7 Å². The fourth-order valence-corrected chi connectivity index (χ4v) is 7.12. The van der Waals surface area contributed by atoms with E-state index in [1.54, 1.807) is 13.0 Å². The Balaban J connectivity index is 2.05. The van der Waals surface area contributed by atoms with Gasteiger partial charge in [-0.1, -0.05) is 17.7 Å². The highest BCUT2D eigenvalue weighted by molar-refractivity contribution is 7.92. The number of amides is 1. The molecule has 5 nitrogen and oxygen atoms in total. The minimum absolute atomic E-state index is 0.0102. The maximum atomic E-state index is 15.2. The number of hydrogen-bond donors (Lipinski definition) is 0. The molecule has 1 saturated heterocycles. The van der Waals surface area contributed by atoms with Crippen molar-refractivity contribution in [3.8, 4) is 5.75 Å². The number of ether oxygens (including phenoxy) is 1. The van der Waals surface area contributed by atoms with E-state index in [1.807, 2.05) is 0 Å². The molecule has 2 heterocycles. The summed E-state index contributed by atoms with van der Waals surface area (Å²) in [5.41, 5.74) is 0.681. The molecule has 0 aromatic heterocycles. The number of sulfone groups is 1. The molecule has 1 fully saturated rings. The first-order chi connectivity index (χ1) is 13.7. The Morgan fingerprint density at radius 2 is 1.93 bits per heavy atom. The molecule has 1 amide bonds. The molecular weight excluding hydrogens is 417 g/mol. The minimum Gasteiger partial charge on any atom is -0.491 e. The van der Waals surface area contributed by atoms with E-state index >= 15 is 4.39 Å². The molecular formula is C21H21ClFNO4S. The molecule has 0 saturated carbocycles. The lowest BCUT2D eigenvalue weighted by Crippen LogP contribution is -2.64. The Morgan fingerprint density at radius 1 is 1.24 bits per heavy atom. The van der Waals surface area contributed by atoms with Crippen LogP contribution in [0.25, 0.3) is 0 Å². The number of piperidine rings is 1. The lowest BCUT2D eigenvalue weighted by atomic mass is 9.79. The number of likely N-dealkylation sites (tertiary alicyclic amines) is 1. The summed E-state index contributed by atoms with van der Waals surface area (Å²) in [4.78, 5) is 13.9. The Hall–Kier alpha value is -2.12. The molecule has 0 unspecified atom stereocenters. The van der Waals surface area contributed by atoms with Gasteiger partial charge in [0.1, 0.15) is 22.9 Å². The van der Waals surface area contributed by atoms with E-state index in [0.29, 0.717) is 23.6 Å². The van der Waals surface area contributed by atoms with Crippen molar-refractivity contribution in [1.82, 2.24) is 4.90 Å². The van der Waals surface area contributed by atoms with Crippen LogP contribution in [0.4, 0.5) is 4.39 Å². The first kappa shape index (κ1) is 20.2. The van der Waals surface area contributed by atoms with Gasteiger partial charge in [0.05, 0.1) is 16.5 Å². The molecule has 0 radical (unpaired) electrons. The van der Waals surface area contributed by atoms with Crippen molar-refractivity contribution in [2.75, 3.05) is 13.2 Å². The molecule has 4 rings (SSSR count). The van der Waals surface area contributed by atoms with Crippen LogP contribution in [0.2, 0.25) is 5.02 Å². The molecule has 2 aromatic rings. The van der Waals surface area contributed by atoms with Gasteiger partial charge in [-0.2, -0.15) is 0 Å². The van der Waals surface area contributed by atoms with Gasteiger partial charge in [-0.05, 0) is 55.7 Å². The van der Waals surface area contributed by atoms with Gasteiger partial charge < -0.3 is 9.64 Å². The van der Waals surface area contributed by atoms with E-state index in [0.717, 1.165) is 0 Å². The van der Waals surface area contributed by atoms with Crippen LogP contribution < -0.4 is 4.74 Å². The van der Waals surface area contributed by atoms with Crippen molar-refractivity contribution in [3.05, 3.63) is 58.4 Å². The van der Waals surface area contributed by atoms with Crippen molar-refractivity contribution < 1.29 is 22.3 Å². The highest BCUT2D eigenvalue weighted by Gasteiger charge is 2.61. The average Bonchev–Trinajstić information content (AvgIpc) is 2.69. The summed E-state index contributed by atoms with van der Waals surface area (Å²) in [5, 5.41) is 0.404. The summed E-state index contributed by atoms with van der Waals surface area (Å²) in [7, 11) is -4.09. The molecule has 8 heteroatoms. The average molecular weight is 438 g/mol. The number of hydrogen-bond acceptors (Lipinski definition) is 4. The second kappa shape index (κ2) is 6.99. The minimum atomic E-state index is -4.09. The zero-order chi connectivity index (χ0) is 21.0. The first-order valence-corrected chi connectivity index (χ1v) is 11.3. The smallest absolute Gasteiger partial charge is 0.219 e. The summed E-state index contributed by atoms with van der Waals surface area (Å²) < 4.78 is 47.5. The van der Waals surface area contributed by atoms with Crippen LogP contribution in [-0.2, 0) is 19.4 Å². The summed E-state index contributed by atoms with van der Waals surface area (Å²) in [6.45, 7) is 3.55. The molecule has 0 bridgehead atoms. The number of fused-ring (bicyclic) bond motifs is 3. The van der Waals surface area contributed by atoms with Gasteiger partial charge in [0.2, 0.25) is 5.91 Å². The number of benzene rings is 2. The third-order valence-electron chi connectivity index (χ3n) is 5.98. The Labute approximate surface area is 174 Å². The lowest BCUT2D eigenvalue weighted by molar-refractivity contribution is -0.135. The normalized spacial score (nSPS) is 23.7. The van der Waals surface area contributed by atoms with Gasteiger partial charge in [-0.25, -0.2) is 12.8 Å². The predicted molar refractivity (Wildman–Crippen MR) is 107 cm³/mol. The van der Waals surface area contributed by atoms with Crippen LogP contribution in [0, 0.1) is 12.7 Å². The molecule has 0 aliphatic carbocycles. The standard InChI is InChI=1S/C21H21ClFNO4S/c1-13-4-9-17(23)19-20(13)28-12-18-21(19,10-3-11-24(18)14(2)25)29(26,27)16-7-5-15(22)6-8-16/h4-9,18H,3,10-12H2,1-2H3/t18-,21+/m0/s1. The second-order valence-corrected chi connectivity index (χ2v) is 10.2. The monoisotopic (exact) mass is 437 g/mol. The SMILES string of the molecule is CC(=O)N1CCC[C@]2(S(=O)(=O)c3ccc(Cl)cc3)c3c(F)ccc(C)c3OC[C@H]12. The molecule has 2 aromatic carbocycles.